The molecule has 1 aliphatic carbocycles. The quantitative estimate of drug-likeness (QED) is 0.694. The third kappa shape index (κ3) is 1.86. The van der Waals surface area contributed by atoms with E-state index < -0.39 is 29.3 Å². The molecule has 1 saturated heterocycles. The molecule has 6 heteroatoms. The minimum Gasteiger partial charge on any atom is -0.453 e. The number of methoxy groups -OCH3 is 1. The molecule has 4 atom stereocenters. The number of hydrogen-bond donors (Lipinski definition) is 0. The zero-order valence-corrected chi connectivity index (χ0v) is 12.7. The fraction of sp³-hybridized carbons (Fsp3) is 0.846. The van der Waals surface area contributed by atoms with Crippen LogP contribution in [0.1, 0.15) is 34.1 Å². The summed E-state index contributed by atoms with van der Waals surface area (Å²) in [5, 5.41) is 0. The lowest BCUT2D eigenvalue weighted by atomic mass is 9.73. The van der Waals surface area contributed by atoms with Crippen molar-refractivity contribution in [3.8, 4) is 0 Å². The van der Waals surface area contributed by atoms with E-state index in [2.05, 4.69) is 0 Å². The van der Waals surface area contributed by atoms with E-state index in [9.17, 15) is 9.59 Å². The zero-order chi connectivity index (χ0) is 14.6. The highest BCUT2D eigenvalue weighted by Crippen LogP contribution is 2.51. The Morgan fingerprint density at radius 3 is 2.53 bits per heavy atom. The second-order valence-corrected chi connectivity index (χ2v) is 6.85. The maximum Gasteiger partial charge on any atom is 0.412 e. The molecule has 2 rings (SSSR count). The maximum atomic E-state index is 12.2. The molecule has 1 amide bonds. The number of Topliss-reactive ketones (excluding diaryl/α,β-unsaturated/α-hetero) is 1. The molecule has 1 aliphatic heterocycles. The first-order chi connectivity index (χ1) is 8.68. The minimum absolute atomic E-state index is 0.154. The number of ketones is 1. The van der Waals surface area contributed by atoms with Crippen LogP contribution in [0, 0.1) is 5.41 Å². The highest BCUT2D eigenvalue weighted by molar-refractivity contribution is 6.40. The van der Waals surface area contributed by atoms with Crippen LogP contribution in [0.3, 0.4) is 0 Å². The van der Waals surface area contributed by atoms with Gasteiger partial charge in [-0.25, -0.2) is 4.79 Å². The van der Waals surface area contributed by atoms with Gasteiger partial charge in [0.25, 0.3) is 0 Å². The van der Waals surface area contributed by atoms with Crippen molar-refractivity contribution in [3.05, 3.63) is 0 Å². The van der Waals surface area contributed by atoms with Crippen LogP contribution >= 0.6 is 11.6 Å². The molecule has 19 heavy (non-hydrogen) atoms. The molecule has 0 aromatic heterocycles. The first-order valence-corrected chi connectivity index (χ1v) is 6.81. The summed E-state index contributed by atoms with van der Waals surface area (Å²) in [5.74, 6) is -0.154. The number of rotatable bonds is 1. The van der Waals surface area contributed by atoms with Gasteiger partial charge in [-0.15, -0.1) is 11.6 Å². The summed E-state index contributed by atoms with van der Waals surface area (Å²) >= 11 is 6.32. The van der Waals surface area contributed by atoms with E-state index in [0.29, 0.717) is 6.42 Å². The Hall–Kier alpha value is -0.810. The Morgan fingerprint density at radius 1 is 1.53 bits per heavy atom. The first kappa shape index (κ1) is 14.6. The van der Waals surface area contributed by atoms with E-state index >= 15 is 0 Å². The molecule has 0 spiro atoms. The maximum absolute atomic E-state index is 12.2. The molecule has 2 fully saturated rings. The molecule has 2 aliphatic rings. The number of ether oxygens (including phenoxy) is 2. The first-order valence-electron chi connectivity index (χ1n) is 6.43. The molecule has 1 saturated carbocycles. The molecule has 0 radical (unpaired) electrons. The topological polar surface area (TPSA) is 55.8 Å². The third-order valence-electron chi connectivity index (χ3n) is 3.88. The van der Waals surface area contributed by atoms with Crippen molar-refractivity contribution in [2.75, 3.05) is 7.11 Å². The van der Waals surface area contributed by atoms with Crippen molar-refractivity contribution >= 4 is 23.5 Å². The average molecular weight is 290 g/mol. The molecule has 108 valence electrons. The fourth-order valence-corrected chi connectivity index (χ4v) is 3.08. The summed E-state index contributed by atoms with van der Waals surface area (Å²) < 4.78 is 10.7. The van der Waals surface area contributed by atoms with Gasteiger partial charge < -0.3 is 9.47 Å². The van der Waals surface area contributed by atoms with Crippen LogP contribution in [-0.4, -0.2) is 47.1 Å². The third-order valence-corrected chi connectivity index (χ3v) is 4.55. The van der Waals surface area contributed by atoms with Crippen molar-refractivity contribution < 1.29 is 19.1 Å². The van der Waals surface area contributed by atoms with Crippen LogP contribution in [-0.2, 0) is 14.3 Å². The summed E-state index contributed by atoms with van der Waals surface area (Å²) in [6.45, 7) is 7.69. The SMILES string of the molecule is CC[C@]1(Cl)C(=O)[C@H]2[C@@H]1O[C@H](C(C)(C)C)N2C(=O)OC. The van der Waals surface area contributed by atoms with E-state index in [1.54, 1.807) is 0 Å². The summed E-state index contributed by atoms with van der Waals surface area (Å²) in [6, 6.07) is -0.617. The highest BCUT2D eigenvalue weighted by Gasteiger charge is 2.70. The van der Waals surface area contributed by atoms with Crippen LogP contribution in [0.2, 0.25) is 0 Å². The molecule has 0 aromatic rings. The molecule has 0 unspecified atom stereocenters. The van der Waals surface area contributed by atoms with Crippen molar-refractivity contribution in [1.29, 1.82) is 0 Å². The van der Waals surface area contributed by atoms with Crippen molar-refractivity contribution in [1.82, 2.24) is 4.90 Å². The second kappa shape index (κ2) is 4.35. The molecule has 0 aromatic carbocycles. The van der Waals surface area contributed by atoms with E-state index in [4.69, 9.17) is 21.1 Å². The van der Waals surface area contributed by atoms with E-state index in [0.717, 1.165) is 0 Å². The smallest absolute Gasteiger partial charge is 0.412 e. The van der Waals surface area contributed by atoms with Gasteiger partial charge in [-0.2, -0.15) is 0 Å². The van der Waals surface area contributed by atoms with Gasteiger partial charge in [0.05, 0.1) is 7.11 Å². The Kier molecular flexibility index (Phi) is 3.34. The molecule has 0 N–H and O–H groups in total. The van der Waals surface area contributed by atoms with Gasteiger partial charge in [0.1, 0.15) is 23.2 Å². The van der Waals surface area contributed by atoms with Crippen molar-refractivity contribution in [2.24, 2.45) is 5.41 Å². The summed E-state index contributed by atoms with van der Waals surface area (Å²) in [4.78, 5) is 24.6. The number of fused-ring (bicyclic) bond motifs is 1. The highest BCUT2D eigenvalue weighted by atomic mass is 35.5. The van der Waals surface area contributed by atoms with Crippen LogP contribution in [0.5, 0.6) is 0 Å². The molecular formula is C13H20ClNO4. The molecular weight excluding hydrogens is 270 g/mol. The standard InChI is InChI=1S/C13H20ClNO4/c1-6-13(14)8(16)7-9(13)19-10(12(2,3)4)15(7)11(17)18-5/h7,9-10H,6H2,1-5H3/t7-,9-,10+,13-/m0/s1. The van der Waals surface area contributed by atoms with Crippen molar-refractivity contribution in [3.63, 3.8) is 0 Å². The predicted octanol–water partition coefficient (Wildman–Crippen LogP) is 2.16. The second-order valence-electron chi connectivity index (χ2n) is 6.18. The molecule has 1 heterocycles. The van der Waals surface area contributed by atoms with Gasteiger partial charge in [0.15, 0.2) is 5.78 Å². The van der Waals surface area contributed by atoms with Crippen LogP contribution in [0.4, 0.5) is 4.79 Å². The lowest BCUT2D eigenvalue weighted by Gasteiger charge is -2.45. The number of hydrogen-bond acceptors (Lipinski definition) is 4. The van der Waals surface area contributed by atoms with E-state index in [-0.39, 0.29) is 11.2 Å². The Labute approximate surface area is 118 Å². The average Bonchev–Trinajstić information content (AvgIpc) is 2.74. The van der Waals surface area contributed by atoms with Crippen molar-refractivity contribution in [2.45, 2.75) is 57.4 Å². The number of carbonyl (C=O) groups excluding carboxylic acids is 2. The van der Waals surface area contributed by atoms with Crippen LogP contribution < -0.4 is 0 Å². The van der Waals surface area contributed by atoms with Crippen LogP contribution in [0.25, 0.3) is 0 Å². The molecule has 5 nitrogen and oxygen atoms in total. The van der Waals surface area contributed by atoms with Gasteiger partial charge in [-0.3, -0.25) is 9.69 Å². The fourth-order valence-electron chi connectivity index (χ4n) is 2.79. The summed E-state index contributed by atoms with van der Waals surface area (Å²) in [7, 11) is 1.30. The Bertz CT molecular complexity index is 419. The van der Waals surface area contributed by atoms with Gasteiger partial charge in [0, 0.05) is 5.41 Å². The van der Waals surface area contributed by atoms with Crippen LogP contribution in [0.15, 0.2) is 0 Å². The summed E-state index contributed by atoms with van der Waals surface area (Å²) in [6.07, 6.45) is -1.02. The largest absolute Gasteiger partial charge is 0.453 e. The Morgan fingerprint density at radius 2 is 2.11 bits per heavy atom. The minimum atomic E-state index is -1.00. The lowest BCUT2D eigenvalue weighted by Crippen LogP contribution is -2.69. The van der Waals surface area contributed by atoms with E-state index in [1.807, 2.05) is 27.7 Å². The Balaban J connectivity index is 2.35. The summed E-state index contributed by atoms with van der Waals surface area (Å²) in [5.41, 5.74) is -0.322. The number of amides is 1. The van der Waals surface area contributed by atoms with Gasteiger partial charge in [-0.1, -0.05) is 27.7 Å². The van der Waals surface area contributed by atoms with Gasteiger partial charge in [-0.05, 0) is 6.42 Å². The predicted molar refractivity (Wildman–Crippen MR) is 70.0 cm³/mol. The monoisotopic (exact) mass is 289 g/mol. The van der Waals surface area contributed by atoms with E-state index in [1.165, 1.54) is 12.0 Å². The number of alkyl halides is 1. The lowest BCUT2D eigenvalue weighted by molar-refractivity contribution is -0.141. The number of carbonyl (C=O) groups is 2. The zero-order valence-electron chi connectivity index (χ0n) is 11.9. The van der Waals surface area contributed by atoms with Gasteiger partial charge >= 0.3 is 6.09 Å². The normalized spacial score (nSPS) is 37.9. The molecule has 0 bridgehead atoms. The number of halogens is 1. The number of nitrogens with zero attached hydrogens (tertiary/aromatic N) is 1. The van der Waals surface area contributed by atoms with Gasteiger partial charge in [0.2, 0.25) is 0 Å².